The quantitative estimate of drug-likeness (QED) is 0.270. The molecule has 3 aromatic carbocycles. The zero-order chi connectivity index (χ0) is 24.9. The number of benzene rings is 3. The predicted molar refractivity (Wildman–Crippen MR) is 129 cm³/mol. The highest BCUT2D eigenvalue weighted by Crippen LogP contribution is 2.35. The van der Waals surface area contributed by atoms with Crippen molar-refractivity contribution in [3.8, 4) is 11.1 Å². The Labute approximate surface area is 199 Å². The number of urea groups is 1. The molecule has 0 spiro atoms. The predicted octanol–water partition coefficient (Wildman–Crippen LogP) is 6.38. The molecule has 4 aromatic rings. The van der Waals surface area contributed by atoms with Gasteiger partial charge in [-0.1, -0.05) is 18.2 Å². The Bertz CT molecular complexity index is 1440. The van der Waals surface area contributed by atoms with E-state index in [2.05, 4.69) is 20.3 Å². The summed E-state index contributed by atoms with van der Waals surface area (Å²) in [5.74, 6) is -1.54. The van der Waals surface area contributed by atoms with E-state index in [0.29, 0.717) is 11.3 Å². The van der Waals surface area contributed by atoms with Gasteiger partial charge < -0.3 is 5.32 Å². The maximum Gasteiger partial charge on any atom is 0.331 e. The molecule has 0 aliphatic rings. The number of nitrogens with zero attached hydrogens (tertiary/aromatic N) is 4. The number of rotatable bonds is 5. The van der Waals surface area contributed by atoms with Crippen LogP contribution in [-0.4, -0.2) is 22.1 Å². The van der Waals surface area contributed by atoms with Crippen molar-refractivity contribution in [1.29, 1.82) is 0 Å². The van der Waals surface area contributed by atoms with Crippen LogP contribution < -0.4 is 10.2 Å². The lowest BCUT2D eigenvalue weighted by atomic mass is 10.1. The van der Waals surface area contributed by atoms with E-state index in [1.54, 1.807) is 56.6 Å². The molecule has 35 heavy (non-hydrogen) atoms. The van der Waals surface area contributed by atoms with Crippen molar-refractivity contribution >= 4 is 34.9 Å². The standard InChI is InChI=1S/C26H19F2N5O2/c1-16-3-8-21(27)22(9-16)32-26(35)33(24-11-17(2)10-23(25(24)28)31-15-34)20-6-4-18(5-7-20)19-12-29-14-30-13-19/h3-14H,1-2H3,(H,32,35). The van der Waals surface area contributed by atoms with Gasteiger partial charge in [0.25, 0.3) is 0 Å². The zero-order valence-corrected chi connectivity index (χ0v) is 18.8. The molecule has 1 heterocycles. The molecular formula is C26H19F2N5O2. The van der Waals surface area contributed by atoms with E-state index in [1.807, 2.05) is 0 Å². The van der Waals surface area contributed by atoms with Crippen LogP contribution in [0.5, 0.6) is 0 Å². The van der Waals surface area contributed by atoms with E-state index in [4.69, 9.17) is 0 Å². The van der Waals surface area contributed by atoms with Crippen LogP contribution in [0.25, 0.3) is 11.1 Å². The van der Waals surface area contributed by atoms with Crippen molar-refractivity contribution in [2.75, 3.05) is 10.2 Å². The maximum absolute atomic E-state index is 15.4. The second kappa shape index (κ2) is 10.0. The average Bonchev–Trinajstić information content (AvgIpc) is 2.85. The fraction of sp³-hybridized carbons (Fsp3) is 0.0769. The monoisotopic (exact) mass is 471 g/mol. The van der Waals surface area contributed by atoms with E-state index >= 15 is 4.39 Å². The molecule has 0 aliphatic heterocycles. The fourth-order valence-electron chi connectivity index (χ4n) is 3.55. The first kappa shape index (κ1) is 23.4. The Balaban J connectivity index is 1.82. The minimum Gasteiger partial charge on any atom is -0.304 e. The number of aromatic nitrogens is 2. The first-order valence-electron chi connectivity index (χ1n) is 10.5. The van der Waals surface area contributed by atoms with Gasteiger partial charge in [0.2, 0.25) is 6.08 Å². The Morgan fingerprint density at radius 3 is 2.34 bits per heavy atom. The SMILES string of the molecule is Cc1ccc(F)c(NC(=O)N(c2ccc(-c3cncnc3)cc2)c2cc(C)cc(N=C=O)c2F)c1. The molecule has 0 fully saturated rings. The van der Waals surface area contributed by atoms with Gasteiger partial charge in [0.15, 0.2) is 5.82 Å². The Kier molecular flexibility index (Phi) is 6.71. The third-order valence-corrected chi connectivity index (χ3v) is 5.17. The second-order valence-corrected chi connectivity index (χ2v) is 7.74. The van der Waals surface area contributed by atoms with E-state index in [-0.39, 0.29) is 17.1 Å². The maximum atomic E-state index is 15.4. The molecule has 174 valence electrons. The van der Waals surface area contributed by atoms with Crippen LogP contribution >= 0.6 is 0 Å². The molecule has 0 radical (unpaired) electrons. The summed E-state index contributed by atoms with van der Waals surface area (Å²) in [6.45, 7) is 3.42. The molecular weight excluding hydrogens is 452 g/mol. The molecule has 0 saturated heterocycles. The Morgan fingerprint density at radius 1 is 0.943 bits per heavy atom. The number of amides is 2. The van der Waals surface area contributed by atoms with Crippen LogP contribution in [0.3, 0.4) is 0 Å². The fourth-order valence-corrected chi connectivity index (χ4v) is 3.55. The lowest BCUT2D eigenvalue weighted by molar-refractivity contribution is 0.258. The zero-order valence-electron chi connectivity index (χ0n) is 18.8. The van der Waals surface area contributed by atoms with E-state index in [1.165, 1.54) is 36.7 Å². The van der Waals surface area contributed by atoms with Gasteiger partial charge in [-0.05, 0) is 66.9 Å². The topological polar surface area (TPSA) is 87.6 Å². The normalized spacial score (nSPS) is 10.4. The van der Waals surface area contributed by atoms with Crippen LogP contribution in [-0.2, 0) is 4.79 Å². The molecule has 0 aliphatic carbocycles. The second-order valence-electron chi connectivity index (χ2n) is 7.74. The summed E-state index contributed by atoms with van der Waals surface area (Å²) in [4.78, 5) is 36.7. The van der Waals surface area contributed by atoms with Crippen molar-refractivity contribution in [3.63, 3.8) is 0 Å². The highest BCUT2D eigenvalue weighted by molar-refractivity contribution is 6.07. The molecule has 4 rings (SSSR count). The van der Waals surface area contributed by atoms with Crippen LogP contribution in [0, 0.1) is 25.5 Å². The summed E-state index contributed by atoms with van der Waals surface area (Å²) in [5.41, 5.74) is 2.60. The number of carbonyl (C=O) groups excluding carboxylic acids is 2. The molecule has 0 saturated carbocycles. The molecule has 0 bridgehead atoms. The summed E-state index contributed by atoms with van der Waals surface area (Å²) >= 11 is 0. The van der Waals surface area contributed by atoms with E-state index in [9.17, 15) is 14.0 Å². The van der Waals surface area contributed by atoms with Gasteiger partial charge in [-0.3, -0.25) is 4.90 Å². The van der Waals surface area contributed by atoms with Crippen LogP contribution in [0.1, 0.15) is 11.1 Å². The third-order valence-electron chi connectivity index (χ3n) is 5.17. The molecule has 2 amide bonds. The van der Waals surface area contributed by atoms with Crippen molar-refractivity contribution in [2.24, 2.45) is 4.99 Å². The van der Waals surface area contributed by atoms with Crippen molar-refractivity contribution in [1.82, 2.24) is 9.97 Å². The number of anilines is 3. The lowest BCUT2D eigenvalue weighted by Gasteiger charge is -2.25. The number of halogens is 2. The smallest absolute Gasteiger partial charge is 0.304 e. The first-order valence-corrected chi connectivity index (χ1v) is 10.5. The number of nitrogens with one attached hydrogen (secondary N) is 1. The molecule has 1 N–H and O–H groups in total. The van der Waals surface area contributed by atoms with E-state index in [0.717, 1.165) is 21.6 Å². The largest absolute Gasteiger partial charge is 0.331 e. The van der Waals surface area contributed by atoms with Crippen molar-refractivity contribution < 1.29 is 18.4 Å². The van der Waals surface area contributed by atoms with Gasteiger partial charge in [0.05, 0.1) is 17.1 Å². The van der Waals surface area contributed by atoms with Crippen LogP contribution in [0.2, 0.25) is 0 Å². The number of hydrogen-bond donors (Lipinski definition) is 1. The third kappa shape index (κ3) is 5.10. The lowest BCUT2D eigenvalue weighted by Crippen LogP contribution is -2.32. The van der Waals surface area contributed by atoms with E-state index < -0.39 is 17.7 Å². The number of aryl methyl sites for hydroxylation is 2. The highest BCUT2D eigenvalue weighted by atomic mass is 19.1. The minimum atomic E-state index is -0.903. The van der Waals surface area contributed by atoms with Gasteiger partial charge in [-0.25, -0.2) is 28.3 Å². The minimum absolute atomic E-state index is 0.0581. The molecule has 9 heteroatoms. The molecule has 7 nitrogen and oxygen atoms in total. The summed E-state index contributed by atoms with van der Waals surface area (Å²) in [7, 11) is 0. The number of aliphatic imine (C=N–C) groups is 1. The summed E-state index contributed by atoms with van der Waals surface area (Å²) < 4.78 is 29.7. The van der Waals surface area contributed by atoms with Gasteiger partial charge in [-0.15, -0.1) is 0 Å². The number of isocyanates is 1. The molecule has 1 aromatic heterocycles. The van der Waals surface area contributed by atoms with Crippen LogP contribution in [0.15, 0.2) is 78.3 Å². The van der Waals surface area contributed by atoms with Gasteiger partial charge in [-0.2, -0.15) is 4.99 Å². The van der Waals surface area contributed by atoms with Gasteiger partial charge in [0.1, 0.15) is 17.8 Å². The first-order chi connectivity index (χ1) is 16.9. The molecule has 0 atom stereocenters. The summed E-state index contributed by atoms with van der Waals surface area (Å²) in [6.07, 6.45) is 6.00. The summed E-state index contributed by atoms with van der Waals surface area (Å²) in [5, 5.41) is 2.51. The number of hydrogen-bond acceptors (Lipinski definition) is 5. The Hall–Kier alpha value is -4.75. The van der Waals surface area contributed by atoms with Crippen LogP contribution in [0.4, 0.5) is 36.3 Å². The summed E-state index contributed by atoms with van der Waals surface area (Å²) in [6, 6.07) is 12.9. The van der Waals surface area contributed by atoms with Gasteiger partial charge in [0, 0.05) is 18.0 Å². The Morgan fingerprint density at radius 2 is 1.66 bits per heavy atom. The molecule has 0 unspecified atom stereocenters. The number of carbonyl (C=O) groups is 1. The van der Waals surface area contributed by atoms with Crippen molar-refractivity contribution in [2.45, 2.75) is 13.8 Å². The van der Waals surface area contributed by atoms with Crippen molar-refractivity contribution in [3.05, 3.63) is 96.1 Å². The van der Waals surface area contributed by atoms with Gasteiger partial charge >= 0.3 is 6.03 Å². The highest BCUT2D eigenvalue weighted by Gasteiger charge is 2.25. The average molecular weight is 471 g/mol.